The summed E-state index contributed by atoms with van der Waals surface area (Å²) >= 11 is 0. The summed E-state index contributed by atoms with van der Waals surface area (Å²) in [6.07, 6.45) is -8.03. The van der Waals surface area contributed by atoms with E-state index >= 15 is 0 Å². The maximum Gasteiger partial charge on any atom is 0.471 e. The van der Waals surface area contributed by atoms with Gasteiger partial charge in [0.15, 0.2) is 0 Å². The molecule has 226 valence electrons. The smallest absolute Gasteiger partial charge is 0.381 e. The molecule has 1 aromatic rings. The van der Waals surface area contributed by atoms with Gasteiger partial charge in [-0.05, 0) is 44.1 Å². The number of amides is 2. The highest BCUT2D eigenvalue weighted by Gasteiger charge is 2.54. The standard InChI is InChI=1S/C24H32F6N4O5S/c1-14(2)22(7-4-18(11-22)34(21(36)24(28,29)30)17-5-8-39-9-6-17)20(35)32-12-15-10-16(23(25,26)27)13-31-19(15)33-40(3,37)38/h10,13-14,17-18H,4-9,11-12H2,1-3H3,(H,31,33)(H,32,35)/t18-,22+/m1/s1. The van der Waals surface area contributed by atoms with Crippen LogP contribution in [-0.4, -0.2) is 67.8 Å². The number of nitrogens with zero attached hydrogens (tertiary/aromatic N) is 2. The molecule has 1 aliphatic carbocycles. The first-order valence-corrected chi connectivity index (χ1v) is 14.5. The number of carbonyl (C=O) groups is 2. The van der Waals surface area contributed by atoms with Crippen molar-refractivity contribution in [3.8, 4) is 0 Å². The molecule has 0 bridgehead atoms. The van der Waals surface area contributed by atoms with Crippen molar-refractivity contribution < 1.29 is 49.1 Å². The van der Waals surface area contributed by atoms with Crippen LogP contribution < -0.4 is 10.0 Å². The topological polar surface area (TPSA) is 118 Å². The third-order valence-corrected chi connectivity index (χ3v) is 8.12. The Bertz CT molecular complexity index is 1200. The number of pyridine rings is 1. The Balaban J connectivity index is 1.87. The zero-order chi connectivity index (χ0) is 30.1. The number of halogens is 6. The molecule has 16 heteroatoms. The van der Waals surface area contributed by atoms with Crippen molar-refractivity contribution in [1.82, 2.24) is 15.2 Å². The van der Waals surface area contributed by atoms with Gasteiger partial charge < -0.3 is 15.0 Å². The lowest BCUT2D eigenvalue weighted by molar-refractivity contribution is -0.192. The summed E-state index contributed by atoms with van der Waals surface area (Å²) in [4.78, 5) is 30.4. The summed E-state index contributed by atoms with van der Waals surface area (Å²) < 4.78 is 111. The van der Waals surface area contributed by atoms with Gasteiger partial charge in [0, 0.05) is 43.6 Å². The molecule has 2 aliphatic rings. The molecule has 9 nitrogen and oxygen atoms in total. The highest BCUT2D eigenvalue weighted by Crippen LogP contribution is 2.48. The van der Waals surface area contributed by atoms with Crippen LogP contribution in [0.2, 0.25) is 0 Å². The van der Waals surface area contributed by atoms with Crippen LogP contribution in [0.3, 0.4) is 0 Å². The second-order valence-electron chi connectivity index (χ2n) is 10.5. The second-order valence-corrected chi connectivity index (χ2v) is 12.3. The van der Waals surface area contributed by atoms with Gasteiger partial charge in [0.05, 0.1) is 17.2 Å². The van der Waals surface area contributed by atoms with E-state index in [0.717, 1.165) is 11.2 Å². The van der Waals surface area contributed by atoms with E-state index in [1.54, 1.807) is 13.8 Å². The third-order valence-electron chi connectivity index (χ3n) is 7.55. The van der Waals surface area contributed by atoms with E-state index in [0.29, 0.717) is 12.3 Å². The molecule has 0 spiro atoms. The summed E-state index contributed by atoms with van der Waals surface area (Å²) in [6.45, 7) is 3.27. The summed E-state index contributed by atoms with van der Waals surface area (Å²) in [5.41, 5.74) is -2.63. The summed E-state index contributed by atoms with van der Waals surface area (Å²) in [7, 11) is -3.92. The minimum Gasteiger partial charge on any atom is -0.381 e. The molecule has 0 unspecified atom stereocenters. The number of aromatic nitrogens is 1. The first kappa shape index (κ1) is 31.9. The van der Waals surface area contributed by atoms with Crippen molar-refractivity contribution in [2.24, 2.45) is 11.3 Å². The summed E-state index contributed by atoms with van der Waals surface area (Å²) in [5.74, 6) is -3.40. The Morgan fingerprint density at radius 2 is 1.75 bits per heavy atom. The van der Waals surface area contributed by atoms with Crippen LogP contribution in [0, 0.1) is 11.3 Å². The van der Waals surface area contributed by atoms with Crippen LogP contribution in [0.25, 0.3) is 0 Å². The fraction of sp³-hybridized carbons (Fsp3) is 0.708. The van der Waals surface area contributed by atoms with Crippen LogP contribution >= 0.6 is 0 Å². The van der Waals surface area contributed by atoms with Crippen molar-refractivity contribution in [3.05, 3.63) is 23.4 Å². The molecular formula is C24H32F6N4O5S. The van der Waals surface area contributed by atoms with Crippen LogP contribution in [0.5, 0.6) is 0 Å². The Labute approximate surface area is 228 Å². The van der Waals surface area contributed by atoms with Crippen LogP contribution in [0.15, 0.2) is 12.3 Å². The summed E-state index contributed by atoms with van der Waals surface area (Å²) in [6, 6.07) is -0.933. The summed E-state index contributed by atoms with van der Waals surface area (Å²) in [5, 5.41) is 2.54. The molecule has 2 atom stereocenters. The molecule has 1 aliphatic heterocycles. The van der Waals surface area contributed by atoms with E-state index < -0.39 is 75.5 Å². The number of nitrogens with one attached hydrogen (secondary N) is 2. The highest BCUT2D eigenvalue weighted by molar-refractivity contribution is 7.92. The van der Waals surface area contributed by atoms with Crippen molar-refractivity contribution in [2.75, 3.05) is 24.2 Å². The Morgan fingerprint density at radius 1 is 1.12 bits per heavy atom. The number of carbonyl (C=O) groups excluding carboxylic acids is 2. The Hall–Kier alpha value is -2.62. The minimum atomic E-state index is -5.11. The number of hydrogen-bond acceptors (Lipinski definition) is 6. The number of hydrogen-bond donors (Lipinski definition) is 2. The number of ether oxygens (including phenoxy) is 1. The number of alkyl halides is 6. The van der Waals surface area contributed by atoms with Gasteiger partial charge in [0.1, 0.15) is 5.82 Å². The van der Waals surface area contributed by atoms with Crippen LogP contribution in [0.4, 0.5) is 32.2 Å². The SMILES string of the molecule is CC(C)[C@]1(C(=O)NCc2cc(C(F)(F)F)cnc2NS(C)(=O)=O)CC[C@@H](N(C(=O)C(F)(F)F)C2CCOCC2)C1. The Kier molecular flexibility index (Phi) is 9.33. The van der Waals surface area contributed by atoms with Gasteiger partial charge in [-0.15, -0.1) is 0 Å². The van der Waals surface area contributed by atoms with Crippen molar-refractivity contribution >= 4 is 27.7 Å². The molecule has 2 heterocycles. The fourth-order valence-corrected chi connectivity index (χ4v) is 5.97. The molecule has 1 saturated carbocycles. The monoisotopic (exact) mass is 602 g/mol. The van der Waals surface area contributed by atoms with Gasteiger partial charge in [0.2, 0.25) is 15.9 Å². The predicted molar refractivity (Wildman–Crippen MR) is 131 cm³/mol. The molecule has 3 rings (SSSR count). The van der Waals surface area contributed by atoms with E-state index in [2.05, 4.69) is 10.3 Å². The number of sulfonamides is 1. The van der Waals surface area contributed by atoms with E-state index in [4.69, 9.17) is 4.74 Å². The lowest BCUT2D eigenvalue weighted by atomic mass is 9.74. The minimum absolute atomic E-state index is 0.0784. The molecule has 40 heavy (non-hydrogen) atoms. The quantitative estimate of drug-likeness (QED) is 0.437. The predicted octanol–water partition coefficient (Wildman–Crippen LogP) is 3.85. The first-order valence-electron chi connectivity index (χ1n) is 12.6. The van der Waals surface area contributed by atoms with Gasteiger partial charge >= 0.3 is 18.3 Å². The van der Waals surface area contributed by atoms with Gasteiger partial charge in [-0.25, -0.2) is 13.4 Å². The van der Waals surface area contributed by atoms with Crippen molar-refractivity contribution in [3.63, 3.8) is 0 Å². The van der Waals surface area contributed by atoms with Gasteiger partial charge in [-0.2, -0.15) is 26.3 Å². The zero-order valence-corrected chi connectivity index (χ0v) is 23.0. The number of anilines is 1. The molecule has 1 aromatic heterocycles. The van der Waals surface area contributed by atoms with E-state index in [-0.39, 0.29) is 50.9 Å². The molecule has 2 amide bonds. The van der Waals surface area contributed by atoms with Crippen LogP contribution in [0.1, 0.15) is 57.1 Å². The second kappa shape index (κ2) is 11.7. The third kappa shape index (κ3) is 7.36. The lowest BCUT2D eigenvalue weighted by Crippen LogP contribution is -2.54. The maximum absolute atomic E-state index is 13.6. The zero-order valence-electron chi connectivity index (χ0n) is 22.2. The first-order chi connectivity index (χ1) is 18.3. The van der Waals surface area contributed by atoms with Gasteiger partial charge in [0.25, 0.3) is 0 Å². The van der Waals surface area contributed by atoms with E-state index in [1.807, 2.05) is 4.72 Å². The normalized spacial score (nSPS) is 22.8. The maximum atomic E-state index is 13.6. The molecule has 0 aromatic carbocycles. The van der Waals surface area contributed by atoms with Gasteiger partial charge in [-0.1, -0.05) is 13.8 Å². The molecule has 2 fully saturated rings. The van der Waals surface area contributed by atoms with Gasteiger partial charge in [-0.3, -0.25) is 14.3 Å². The average Bonchev–Trinajstić information content (AvgIpc) is 3.28. The average molecular weight is 603 g/mol. The van der Waals surface area contributed by atoms with Crippen LogP contribution in [-0.2, 0) is 37.1 Å². The van der Waals surface area contributed by atoms with E-state index in [9.17, 15) is 44.3 Å². The lowest BCUT2D eigenvalue weighted by Gasteiger charge is -2.40. The largest absolute Gasteiger partial charge is 0.471 e. The van der Waals surface area contributed by atoms with E-state index in [1.165, 1.54) is 0 Å². The Morgan fingerprint density at radius 3 is 2.27 bits per heavy atom. The fourth-order valence-electron chi connectivity index (χ4n) is 5.44. The number of rotatable bonds is 8. The molecular weight excluding hydrogens is 570 g/mol. The molecule has 1 saturated heterocycles. The highest BCUT2D eigenvalue weighted by atomic mass is 32.2. The van der Waals surface area contributed by atoms with Crippen molar-refractivity contribution in [1.29, 1.82) is 0 Å². The molecule has 2 N–H and O–H groups in total. The molecule has 0 radical (unpaired) electrons. The van der Waals surface area contributed by atoms with Crippen molar-refractivity contribution in [2.45, 2.75) is 76.9 Å².